The second-order valence-corrected chi connectivity index (χ2v) is 7.23. The van der Waals surface area contributed by atoms with E-state index < -0.39 is 0 Å². The highest BCUT2D eigenvalue weighted by Gasteiger charge is 2.23. The standard InChI is InChI=1S/C20H29FN2O3/c1-25-18-5-6-19(21)17(13-18)15-22-8-2-3-16(14-22)4-7-20(24)23-9-11-26-12-10-23/h5-6,13,16H,2-4,7-12,14-15H2,1H3. The van der Waals surface area contributed by atoms with Gasteiger partial charge >= 0.3 is 0 Å². The van der Waals surface area contributed by atoms with Gasteiger partial charge in [0, 0.05) is 38.2 Å². The quantitative estimate of drug-likeness (QED) is 0.778. The topological polar surface area (TPSA) is 42.0 Å². The molecule has 0 N–H and O–H groups in total. The number of piperidine rings is 1. The minimum absolute atomic E-state index is 0.185. The number of hydrogen-bond donors (Lipinski definition) is 0. The van der Waals surface area contributed by atoms with E-state index >= 15 is 0 Å². The van der Waals surface area contributed by atoms with Crippen molar-refractivity contribution in [3.05, 3.63) is 29.6 Å². The lowest BCUT2D eigenvalue weighted by Gasteiger charge is -2.33. The molecule has 0 aromatic heterocycles. The van der Waals surface area contributed by atoms with Crippen LogP contribution in [-0.4, -0.2) is 62.2 Å². The molecule has 26 heavy (non-hydrogen) atoms. The first-order valence-electron chi connectivity index (χ1n) is 9.56. The van der Waals surface area contributed by atoms with Gasteiger partial charge in [-0.15, -0.1) is 0 Å². The summed E-state index contributed by atoms with van der Waals surface area (Å²) >= 11 is 0. The Morgan fingerprint density at radius 2 is 2.12 bits per heavy atom. The van der Waals surface area contributed by atoms with Gasteiger partial charge in [0.25, 0.3) is 0 Å². The largest absolute Gasteiger partial charge is 0.497 e. The Morgan fingerprint density at radius 1 is 1.31 bits per heavy atom. The molecule has 0 spiro atoms. The van der Waals surface area contributed by atoms with Crippen LogP contribution in [0.25, 0.3) is 0 Å². The Morgan fingerprint density at radius 3 is 2.88 bits per heavy atom. The Balaban J connectivity index is 1.48. The van der Waals surface area contributed by atoms with Gasteiger partial charge in [-0.3, -0.25) is 9.69 Å². The predicted octanol–water partition coefficient (Wildman–Crippen LogP) is 2.69. The zero-order chi connectivity index (χ0) is 18.4. The van der Waals surface area contributed by atoms with Crippen LogP contribution in [0.3, 0.4) is 0 Å². The summed E-state index contributed by atoms with van der Waals surface area (Å²) in [4.78, 5) is 16.5. The number of halogens is 1. The number of methoxy groups -OCH3 is 1. The van der Waals surface area contributed by atoms with Crippen LogP contribution in [0.4, 0.5) is 4.39 Å². The first-order valence-corrected chi connectivity index (χ1v) is 9.56. The number of hydrogen-bond acceptors (Lipinski definition) is 4. The molecule has 2 aliphatic heterocycles. The number of morpholine rings is 1. The zero-order valence-corrected chi connectivity index (χ0v) is 15.6. The summed E-state index contributed by atoms with van der Waals surface area (Å²) in [6.07, 6.45) is 3.76. The Bertz CT molecular complexity index is 605. The molecule has 3 rings (SSSR count). The Hall–Kier alpha value is -1.66. The first-order chi connectivity index (χ1) is 12.7. The fourth-order valence-electron chi connectivity index (χ4n) is 3.87. The molecule has 2 fully saturated rings. The molecule has 1 unspecified atom stereocenters. The van der Waals surface area contributed by atoms with Gasteiger partial charge in [-0.2, -0.15) is 0 Å². The summed E-state index contributed by atoms with van der Waals surface area (Å²) in [5, 5.41) is 0. The van der Waals surface area contributed by atoms with Crippen molar-refractivity contribution in [1.82, 2.24) is 9.80 Å². The van der Waals surface area contributed by atoms with Crippen molar-refractivity contribution < 1.29 is 18.7 Å². The average molecular weight is 364 g/mol. The van der Waals surface area contributed by atoms with Crippen LogP contribution in [0.1, 0.15) is 31.2 Å². The van der Waals surface area contributed by atoms with Crippen LogP contribution in [0.5, 0.6) is 5.75 Å². The predicted molar refractivity (Wildman–Crippen MR) is 97.6 cm³/mol. The summed E-state index contributed by atoms with van der Waals surface area (Å²) in [7, 11) is 1.60. The maximum Gasteiger partial charge on any atom is 0.222 e. The molecule has 1 amide bonds. The molecule has 0 saturated carbocycles. The summed E-state index contributed by atoms with van der Waals surface area (Å²) in [5.41, 5.74) is 0.675. The number of carbonyl (C=O) groups excluding carboxylic acids is 1. The lowest BCUT2D eigenvalue weighted by molar-refractivity contribution is -0.135. The third-order valence-electron chi connectivity index (χ3n) is 5.38. The van der Waals surface area contributed by atoms with Crippen LogP contribution in [-0.2, 0) is 16.1 Å². The molecular formula is C20H29FN2O3. The molecule has 0 bridgehead atoms. The van der Waals surface area contributed by atoms with Crippen molar-refractivity contribution in [3.8, 4) is 5.75 Å². The highest BCUT2D eigenvalue weighted by Crippen LogP contribution is 2.25. The monoisotopic (exact) mass is 364 g/mol. The van der Waals surface area contributed by atoms with Gasteiger partial charge in [-0.25, -0.2) is 4.39 Å². The van der Waals surface area contributed by atoms with E-state index in [1.54, 1.807) is 19.2 Å². The normalized spacial score (nSPS) is 21.6. The molecule has 1 aromatic carbocycles. The van der Waals surface area contributed by atoms with Gasteiger partial charge in [0.2, 0.25) is 5.91 Å². The van der Waals surface area contributed by atoms with Crippen molar-refractivity contribution in [2.45, 2.75) is 32.2 Å². The van der Waals surface area contributed by atoms with E-state index in [9.17, 15) is 9.18 Å². The van der Waals surface area contributed by atoms with Gasteiger partial charge < -0.3 is 14.4 Å². The second kappa shape index (κ2) is 9.33. The highest BCUT2D eigenvalue weighted by molar-refractivity contribution is 5.76. The first kappa shape index (κ1) is 19.1. The SMILES string of the molecule is COc1ccc(F)c(CN2CCCC(CCC(=O)N3CCOCC3)C2)c1. The Kier molecular flexibility index (Phi) is 6.86. The molecule has 0 radical (unpaired) electrons. The van der Waals surface area contributed by atoms with Crippen LogP contribution >= 0.6 is 0 Å². The maximum atomic E-state index is 14.1. The summed E-state index contributed by atoms with van der Waals surface area (Å²) in [6, 6.07) is 4.90. The molecule has 1 aromatic rings. The molecule has 2 aliphatic rings. The second-order valence-electron chi connectivity index (χ2n) is 7.23. The number of benzene rings is 1. The van der Waals surface area contributed by atoms with Gasteiger partial charge in [-0.05, 0) is 49.9 Å². The summed E-state index contributed by atoms with van der Waals surface area (Å²) in [5.74, 6) is 1.24. The van der Waals surface area contributed by atoms with E-state index in [0.717, 1.165) is 32.4 Å². The molecule has 5 nitrogen and oxygen atoms in total. The van der Waals surface area contributed by atoms with Crippen LogP contribution in [0, 0.1) is 11.7 Å². The third-order valence-corrected chi connectivity index (χ3v) is 5.38. The van der Waals surface area contributed by atoms with Crippen molar-refractivity contribution in [2.24, 2.45) is 5.92 Å². The molecule has 1 atom stereocenters. The number of ether oxygens (including phenoxy) is 2. The lowest BCUT2D eigenvalue weighted by Crippen LogP contribution is -2.41. The van der Waals surface area contributed by atoms with Gasteiger partial charge in [-0.1, -0.05) is 0 Å². The van der Waals surface area contributed by atoms with Crippen LogP contribution < -0.4 is 4.74 Å². The van der Waals surface area contributed by atoms with E-state index in [1.807, 2.05) is 4.90 Å². The number of carbonyl (C=O) groups is 1. The van der Waals surface area contributed by atoms with E-state index in [-0.39, 0.29) is 11.7 Å². The molecule has 2 heterocycles. The van der Waals surface area contributed by atoms with E-state index in [1.165, 1.54) is 6.07 Å². The molecular weight excluding hydrogens is 335 g/mol. The lowest BCUT2D eigenvalue weighted by atomic mass is 9.92. The van der Waals surface area contributed by atoms with Crippen molar-refractivity contribution in [2.75, 3.05) is 46.5 Å². The van der Waals surface area contributed by atoms with Crippen molar-refractivity contribution in [3.63, 3.8) is 0 Å². The molecule has 144 valence electrons. The van der Waals surface area contributed by atoms with Gasteiger partial charge in [0.1, 0.15) is 11.6 Å². The molecule has 0 aliphatic carbocycles. The van der Waals surface area contributed by atoms with E-state index in [2.05, 4.69) is 4.90 Å². The average Bonchev–Trinajstić information content (AvgIpc) is 2.69. The van der Waals surface area contributed by atoms with Gasteiger partial charge in [0.15, 0.2) is 0 Å². The summed E-state index contributed by atoms with van der Waals surface area (Å²) in [6.45, 7) is 5.22. The smallest absolute Gasteiger partial charge is 0.222 e. The molecule has 2 saturated heterocycles. The Labute approximate surface area is 155 Å². The molecule has 6 heteroatoms. The summed E-state index contributed by atoms with van der Waals surface area (Å²) < 4.78 is 24.6. The minimum atomic E-state index is -0.185. The fraction of sp³-hybridized carbons (Fsp3) is 0.650. The van der Waals surface area contributed by atoms with Crippen molar-refractivity contribution in [1.29, 1.82) is 0 Å². The van der Waals surface area contributed by atoms with Gasteiger partial charge in [0.05, 0.1) is 20.3 Å². The van der Waals surface area contributed by atoms with Crippen LogP contribution in [0.15, 0.2) is 18.2 Å². The number of nitrogens with zero attached hydrogens (tertiary/aromatic N) is 2. The van der Waals surface area contributed by atoms with Crippen LogP contribution in [0.2, 0.25) is 0 Å². The maximum absolute atomic E-state index is 14.1. The van der Waals surface area contributed by atoms with E-state index in [4.69, 9.17) is 9.47 Å². The highest BCUT2D eigenvalue weighted by atomic mass is 19.1. The number of likely N-dealkylation sites (tertiary alicyclic amines) is 1. The fourth-order valence-corrected chi connectivity index (χ4v) is 3.87. The minimum Gasteiger partial charge on any atom is -0.497 e. The van der Waals surface area contributed by atoms with Crippen molar-refractivity contribution >= 4 is 5.91 Å². The zero-order valence-electron chi connectivity index (χ0n) is 15.6. The third kappa shape index (κ3) is 5.17. The number of rotatable bonds is 6. The van der Waals surface area contributed by atoms with E-state index in [0.29, 0.717) is 56.5 Å². The number of amides is 1.